The van der Waals surface area contributed by atoms with Gasteiger partial charge in [-0.05, 0) is 24.6 Å². The third-order valence-corrected chi connectivity index (χ3v) is 4.48. The Bertz CT molecular complexity index is 704. The fourth-order valence-electron chi connectivity index (χ4n) is 2.23. The number of rotatable bonds is 5. The van der Waals surface area contributed by atoms with Gasteiger partial charge in [0.2, 0.25) is 5.91 Å². The van der Waals surface area contributed by atoms with E-state index in [1.165, 1.54) is 11.8 Å². The Morgan fingerprint density at radius 2 is 2.17 bits per heavy atom. The Hall–Kier alpha value is -2.22. The molecule has 0 spiro atoms. The molecule has 122 valence electrons. The van der Waals surface area contributed by atoms with Crippen molar-refractivity contribution >= 4 is 17.7 Å². The highest BCUT2D eigenvalue weighted by atomic mass is 32.2. The van der Waals surface area contributed by atoms with Crippen molar-refractivity contribution in [3.63, 3.8) is 0 Å². The van der Waals surface area contributed by atoms with Gasteiger partial charge in [0.15, 0.2) is 16.7 Å². The maximum Gasteiger partial charge on any atom is 0.230 e. The maximum atomic E-state index is 12.1. The number of benzene rings is 1. The average Bonchev–Trinajstić information content (AvgIpc) is 2.97. The Kier molecular flexibility index (Phi) is 4.71. The first-order valence-corrected chi connectivity index (χ1v) is 8.28. The van der Waals surface area contributed by atoms with E-state index in [0.29, 0.717) is 24.1 Å². The Balaban J connectivity index is 1.57. The van der Waals surface area contributed by atoms with Gasteiger partial charge in [-0.2, -0.15) is 0 Å². The monoisotopic (exact) mass is 334 g/mol. The smallest absolute Gasteiger partial charge is 0.230 e. The molecule has 7 nitrogen and oxygen atoms in total. The number of hydrogen-bond donors (Lipinski definition) is 1. The van der Waals surface area contributed by atoms with Gasteiger partial charge in [-0.3, -0.25) is 4.79 Å². The topological polar surface area (TPSA) is 78.3 Å². The van der Waals surface area contributed by atoms with Crippen LogP contribution in [0.5, 0.6) is 11.5 Å². The number of ether oxygens (including phenoxy) is 2. The number of thioether (sulfide) groups is 1. The minimum Gasteiger partial charge on any atom is -0.486 e. The molecule has 2 heterocycles. The molecule has 3 rings (SSSR count). The lowest BCUT2D eigenvalue weighted by atomic mass is 10.1. The molecule has 1 aromatic carbocycles. The minimum absolute atomic E-state index is 0.0552. The first kappa shape index (κ1) is 15.7. The molecule has 0 saturated carbocycles. The van der Waals surface area contributed by atoms with Crippen LogP contribution in [0.15, 0.2) is 29.7 Å². The number of nitrogens with zero attached hydrogens (tertiary/aromatic N) is 3. The molecule has 23 heavy (non-hydrogen) atoms. The van der Waals surface area contributed by atoms with Crippen LogP contribution in [-0.2, 0) is 11.8 Å². The van der Waals surface area contributed by atoms with E-state index < -0.39 is 0 Å². The van der Waals surface area contributed by atoms with Crippen molar-refractivity contribution < 1.29 is 14.3 Å². The number of carbonyl (C=O) groups excluding carboxylic acids is 1. The molecule has 0 aliphatic carbocycles. The van der Waals surface area contributed by atoms with Gasteiger partial charge in [0, 0.05) is 7.05 Å². The molecule has 0 unspecified atom stereocenters. The number of amides is 1. The molecule has 2 aromatic rings. The molecular weight excluding hydrogens is 316 g/mol. The van der Waals surface area contributed by atoms with Gasteiger partial charge < -0.3 is 19.4 Å². The normalized spacial score (nSPS) is 14.3. The highest BCUT2D eigenvalue weighted by Crippen LogP contribution is 2.32. The Labute approximate surface area is 138 Å². The van der Waals surface area contributed by atoms with Crippen LogP contribution in [0.4, 0.5) is 0 Å². The van der Waals surface area contributed by atoms with Crippen molar-refractivity contribution in [1.29, 1.82) is 0 Å². The second kappa shape index (κ2) is 6.91. The van der Waals surface area contributed by atoms with Gasteiger partial charge in [-0.25, -0.2) is 0 Å². The van der Waals surface area contributed by atoms with Crippen LogP contribution in [0, 0.1) is 0 Å². The highest BCUT2D eigenvalue weighted by molar-refractivity contribution is 7.99. The quantitative estimate of drug-likeness (QED) is 0.836. The fourth-order valence-corrected chi connectivity index (χ4v) is 2.93. The minimum atomic E-state index is -0.113. The average molecular weight is 334 g/mol. The van der Waals surface area contributed by atoms with Crippen molar-refractivity contribution in [3.05, 3.63) is 30.1 Å². The van der Waals surface area contributed by atoms with Crippen LogP contribution in [0.1, 0.15) is 18.5 Å². The summed E-state index contributed by atoms with van der Waals surface area (Å²) in [6, 6.07) is 5.61. The summed E-state index contributed by atoms with van der Waals surface area (Å²) in [4.78, 5) is 12.1. The van der Waals surface area contributed by atoms with Gasteiger partial charge in [0.1, 0.15) is 19.5 Å². The zero-order valence-corrected chi connectivity index (χ0v) is 13.8. The standard InChI is InChI=1S/C15H18N4O3S/c1-10(11-3-4-12-13(7-11)22-6-5-21-12)17-14(20)8-23-15-18-16-9-19(15)2/h3-4,7,9-10H,5-6,8H2,1-2H3,(H,17,20)/t10-/m1/s1. The molecule has 1 N–H and O–H groups in total. The summed E-state index contributed by atoms with van der Waals surface area (Å²) in [5.74, 6) is 1.71. The number of carbonyl (C=O) groups is 1. The lowest BCUT2D eigenvalue weighted by molar-refractivity contribution is -0.119. The maximum absolute atomic E-state index is 12.1. The molecule has 0 saturated heterocycles. The zero-order valence-electron chi connectivity index (χ0n) is 13.0. The van der Waals surface area contributed by atoms with E-state index in [-0.39, 0.29) is 11.9 Å². The predicted molar refractivity (Wildman–Crippen MR) is 85.7 cm³/mol. The highest BCUT2D eigenvalue weighted by Gasteiger charge is 2.16. The van der Waals surface area contributed by atoms with Crippen LogP contribution in [0.2, 0.25) is 0 Å². The lowest BCUT2D eigenvalue weighted by Crippen LogP contribution is -2.28. The molecule has 1 aromatic heterocycles. The summed E-state index contributed by atoms with van der Waals surface area (Å²) >= 11 is 1.35. The second-order valence-electron chi connectivity index (χ2n) is 5.21. The molecule has 1 aliphatic heterocycles. The van der Waals surface area contributed by atoms with Crippen molar-refractivity contribution in [2.24, 2.45) is 7.05 Å². The van der Waals surface area contributed by atoms with E-state index in [2.05, 4.69) is 15.5 Å². The van der Waals surface area contributed by atoms with Crippen LogP contribution >= 0.6 is 11.8 Å². The number of nitrogens with one attached hydrogen (secondary N) is 1. The summed E-state index contributed by atoms with van der Waals surface area (Å²) in [6.45, 7) is 3.06. The van der Waals surface area contributed by atoms with Crippen LogP contribution < -0.4 is 14.8 Å². The van der Waals surface area contributed by atoms with E-state index in [1.54, 1.807) is 10.9 Å². The van der Waals surface area contributed by atoms with E-state index in [0.717, 1.165) is 17.1 Å². The Morgan fingerprint density at radius 1 is 1.39 bits per heavy atom. The van der Waals surface area contributed by atoms with Gasteiger partial charge in [0.05, 0.1) is 11.8 Å². The summed E-state index contributed by atoms with van der Waals surface area (Å²) in [5.41, 5.74) is 0.978. The van der Waals surface area contributed by atoms with Gasteiger partial charge in [-0.1, -0.05) is 17.8 Å². The fraction of sp³-hybridized carbons (Fsp3) is 0.400. The summed E-state index contributed by atoms with van der Waals surface area (Å²) in [7, 11) is 1.85. The molecule has 0 fully saturated rings. The van der Waals surface area contributed by atoms with Crippen molar-refractivity contribution in [2.45, 2.75) is 18.1 Å². The van der Waals surface area contributed by atoms with Crippen molar-refractivity contribution in [3.8, 4) is 11.5 Å². The molecule has 8 heteroatoms. The van der Waals surface area contributed by atoms with Crippen molar-refractivity contribution in [1.82, 2.24) is 20.1 Å². The summed E-state index contributed by atoms with van der Waals surface area (Å²) in [6.07, 6.45) is 1.61. The third-order valence-electron chi connectivity index (χ3n) is 3.45. The van der Waals surface area contributed by atoms with E-state index in [1.807, 2.05) is 32.2 Å². The largest absolute Gasteiger partial charge is 0.486 e. The third kappa shape index (κ3) is 3.76. The first-order chi connectivity index (χ1) is 11.1. The van der Waals surface area contributed by atoms with Gasteiger partial charge >= 0.3 is 0 Å². The van der Waals surface area contributed by atoms with Gasteiger partial charge in [0.25, 0.3) is 0 Å². The van der Waals surface area contributed by atoms with E-state index in [9.17, 15) is 4.79 Å². The predicted octanol–water partition coefficient (Wildman–Crippen LogP) is 1.56. The van der Waals surface area contributed by atoms with Crippen LogP contribution in [0.3, 0.4) is 0 Å². The second-order valence-corrected chi connectivity index (χ2v) is 6.15. The van der Waals surface area contributed by atoms with Crippen LogP contribution in [0.25, 0.3) is 0 Å². The molecule has 0 radical (unpaired) electrons. The lowest BCUT2D eigenvalue weighted by Gasteiger charge is -2.21. The number of aromatic nitrogens is 3. The Morgan fingerprint density at radius 3 is 2.91 bits per heavy atom. The molecule has 0 bridgehead atoms. The number of aryl methyl sites for hydroxylation is 1. The molecule has 1 aliphatic rings. The van der Waals surface area contributed by atoms with Crippen LogP contribution in [-0.4, -0.2) is 39.6 Å². The van der Waals surface area contributed by atoms with Crippen molar-refractivity contribution in [2.75, 3.05) is 19.0 Å². The molecule has 1 amide bonds. The van der Waals surface area contributed by atoms with E-state index in [4.69, 9.17) is 9.47 Å². The van der Waals surface area contributed by atoms with Gasteiger partial charge in [-0.15, -0.1) is 10.2 Å². The molecule has 1 atom stereocenters. The number of fused-ring (bicyclic) bond motifs is 1. The summed E-state index contributed by atoms with van der Waals surface area (Å²) < 4.78 is 12.8. The first-order valence-electron chi connectivity index (χ1n) is 7.29. The number of hydrogen-bond acceptors (Lipinski definition) is 6. The molecular formula is C15H18N4O3S. The summed E-state index contributed by atoms with van der Waals surface area (Å²) in [5, 5.41) is 11.4. The SMILES string of the molecule is C[C@@H](NC(=O)CSc1nncn1C)c1ccc2c(c1)OCCO2. The zero-order chi connectivity index (χ0) is 16.2. The van der Waals surface area contributed by atoms with E-state index >= 15 is 0 Å².